The predicted octanol–water partition coefficient (Wildman–Crippen LogP) is 2.06. The number of halogens is 1. The summed E-state index contributed by atoms with van der Waals surface area (Å²) >= 11 is 0. The minimum Gasteiger partial charge on any atom is -0.489 e. The molecule has 2 aromatic rings. The molecule has 0 aliphatic carbocycles. The van der Waals surface area contributed by atoms with Gasteiger partial charge in [0.2, 0.25) is 5.95 Å². The molecule has 2 unspecified atom stereocenters. The van der Waals surface area contributed by atoms with E-state index in [0.29, 0.717) is 42.1 Å². The molecule has 1 aromatic heterocycles. The van der Waals surface area contributed by atoms with Gasteiger partial charge in [0.25, 0.3) is 5.91 Å². The molecule has 4 heterocycles. The first kappa shape index (κ1) is 18.1. The van der Waals surface area contributed by atoms with Gasteiger partial charge in [0.05, 0.1) is 18.6 Å². The first-order chi connectivity index (χ1) is 13.9. The molecule has 1 spiro atoms. The fraction of sp³-hybridized carbons (Fsp3) is 0.381. The minimum absolute atomic E-state index is 0.145. The van der Waals surface area contributed by atoms with E-state index in [0.717, 1.165) is 0 Å². The van der Waals surface area contributed by atoms with E-state index in [4.69, 9.17) is 20.2 Å². The highest BCUT2D eigenvalue weighted by molar-refractivity contribution is 6.08. The Hall–Kier alpha value is -3.00. The van der Waals surface area contributed by atoms with Gasteiger partial charge in [-0.3, -0.25) is 9.69 Å². The number of hydrogen-bond donors (Lipinski definition) is 1. The second-order valence-corrected chi connectivity index (χ2v) is 7.96. The van der Waals surface area contributed by atoms with Gasteiger partial charge >= 0.3 is 0 Å². The molecule has 7 nitrogen and oxygen atoms in total. The molecule has 0 radical (unpaired) electrons. The maximum absolute atomic E-state index is 14.3. The summed E-state index contributed by atoms with van der Waals surface area (Å²) < 4.78 is 26.4. The molecule has 3 aliphatic rings. The molecule has 2 N–H and O–H groups in total. The van der Waals surface area contributed by atoms with Gasteiger partial charge in [-0.05, 0) is 29.8 Å². The van der Waals surface area contributed by atoms with E-state index >= 15 is 0 Å². The number of nitrogens with zero attached hydrogens (tertiary/aromatic N) is 3. The molecule has 0 bridgehead atoms. The normalized spacial score (nSPS) is 30.6. The van der Waals surface area contributed by atoms with E-state index in [1.807, 2.05) is 6.92 Å². The van der Waals surface area contributed by atoms with E-state index < -0.39 is 16.9 Å². The van der Waals surface area contributed by atoms with Crippen molar-refractivity contribution in [1.29, 1.82) is 0 Å². The summed E-state index contributed by atoms with van der Waals surface area (Å²) in [5.74, 6) is -0.114. The quantitative estimate of drug-likeness (QED) is 0.746. The summed E-state index contributed by atoms with van der Waals surface area (Å²) in [7, 11) is 1.61. The highest BCUT2D eigenvalue weighted by atomic mass is 19.1. The van der Waals surface area contributed by atoms with Crippen LogP contribution in [0.25, 0.3) is 11.1 Å². The first-order valence-electron chi connectivity index (χ1n) is 9.52. The number of aromatic nitrogens is 1. The Kier molecular flexibility index (Phi) is 3.73. The van der Waals surface area contributed by atoms with Crippen LogP contribution in [0, 0.1) is 11.4 Å². The minimum atomic E-state index is -1.29. The van der Waals surface area contributed by atoms with Gasteiger partial charge in [0, 0.05) is 30.8 Å². The number of nitrogens with two attached hydrogens (primary N) is 1. The summed E-state index contributed by atoms with van der Waals surface area (Å²) in [6.07, 6.45) is 1.79. The molecular weight excluding hydrogens is 375 g/mol. The molecule has 1 saturated heterocycles. The Balaban J connectivity index is 1.78. The van der Waals surface area contributed by atoms with Gasteiger partial charge < -0.3 is 15.2 Å². The van der Waals surface area contributed by atoms with Crippen LogP contribution in [0.2, 0.25) is 0 Å². The maximum Gasteiger partial charge on any atom is 0.262 e. The molecule has 29 heavy (non-hydrogen) atoms. The average molecular weight is 396 g/mol. The van der Waals surface area contributed by atoms with E-state index in [-0.39, 0.29) is 18.0 Å². The van der Waals surface area contributed by atoms with Gasteiger partial charge in [-0.15, -0.1) is 0 Å². The zero-order valence-electron chi connectivity index (χ0n) is 16.2. The number of carbonyl (C=O) groups is 1. The number of pyridine rings is 1. The Bertz CT molecular complexity index is 1060. The fourth-order valence-corrected chi connectivity index (χ4v) is 4.75. The lowest BCUT2D eigenvalue weighted by Crippen LogP contribution is -2.63. The van der Waals surface area contributed by atoms with Crippen LogP contribution in [0.1, 0.15) is 18.9 Å². The Labute approximate surface area is 167 Å². The average Bonchev–Trinajstić information content (AvgIpc) is 2.95. The van der Waals surface area contributed by atoms with E-state index in [9.17, 15) is 9.18 Å². The zero-order chi connectivity index (χ0) is 20.4. The van der Waals surface area contributed by atoms with E-state index in [1.54, 1.807) is 37.4 Å². The number of fused-ring (bicyclic) bond motifs is 4. The largest absolute Gasteiger partial charge is 0.489 e. The molecule has 1 fully saturated rings. The number of aliphatic imine (C=N–C) groups is 1. The van der Waals surface area contributed by atoms with Crippen molar-refractivity contribution in [2.75, 3.05) is 20.3 Å². The first-order valence-corrected chi connectivity index (χ1v) is 9.52. The monoisotopic (exact) mass is 396 g/mol. The van der Waals surface area contributed by atoms with Gasteiger partial charge in [0.1, 0.15) is 11.9 Å². The molecule has 8 heteroatoms. The zero-order valence-corrected chi connectivity index (χ0v) is 16.2. The van der Waals surface area contributed by atoms with E-state index in [1.165, 1.54) is 11.1 Å². The van der Waals surface area contributed by atoms with Crippen molar-refractivity contribution in [1.82, 2.24) is 9.88 Å². The predicted molar refractivity (Wildman–Crippen MR) is 104 cm³/mol. The number of rotatable bonds is 1. The lowest BCUT2D eigenvalue weighted by molar-refractivity contribution is -0.159. The van der Waals surface area contributed by atoms with Crippen molar-refractivity contribution in [2.24, 2.45) is 16.1 Å². The van der Waals surface area contributed by atoms with Crippen molar-refractivity contribution in [2.45, 2.75) is 25.0 Å². The Morgan fingerprint density at radius 1 is 1.34 bits per heavy atom. The molecule has 3 aliphatic heterocycles. The summed E-state index contributed by atoms with van der Waals surface area (Å²) in [6.45, 7) is 2.80. The van der Waals surface area contributed by atoms with Crippen LogP contribution in [-0.4, -0.2) is 48.1 Å². The molecule has 3 atom stereocenters. The Morgan fingerprint density at radius 2 is 2.17 bits per heavy atom. The summed E-state index contributed by atoms with van der Waals surface area (Å²) in [6, 6.07) is 8.62. The third-order valence-corrected chi connectivity index (χ3v) is 6.41. The van der Waals surface area contributed by atoms with Crippen LogP contribution in [-0.2, 0) is 15.1 Å². The van der Waals surface area contributed by atoms with Crippen LogP contribution in [0.5, 0.6) is 5.75 Å². The maximum atomic E-state index is 14.3. The molecule has 5 rings (SSSR count). The number of likely N-dealkylation sites (N-methyl/N-ethyl adjacent to an activating group) is 1. The summed E-state index contributed by atoms with van der Waals surface area (Å²) in [4.78, 5) is 23.4. The van der Waals surface area contributed by atoms with Gasteiger partial charge in [-0.25, -0.2) is 9.98 Å². The van der Waals surface area contributed by atoms with Crippen molar-refractivity contribution in [3.8, 4) is 16.9 Å². The SMILES string of the molecule is CN1C(=O)[C@]2(N=C1N)c1cc(-c3cccnc3F)ccc1OC1CCOCC12C. The third kappa shape index (κ3) is 2.23. The number of benzene rings is 1. The number of ether oxygens (including phenoxy) is 2. The third-order valence-electron chi connectivity index (χ3n) is 6.41. The lowest BCUT2D eigenvalue weighted by Gasteiger charge is -2.53. The second kappa shape index (κ2) is 6.00. The van der Waals surface area contributed by atoms with Crippen molar-refractivity contribution < 1.29 is 18.7 Å². The fourth-order valence-electron chi connectivity index (χ4n) is 4.75. The smallest absolute Gasteiger partial charge is 0.262 e. The second-order valence-electron chi connectivity index (χ2n) is 7.96. The molecular formula is C21H21FN4O3. The van der Waals surface area contributed by atoms with Crippen molar-refractivity contribution >= 4 is 11.9 Å². The van der Waals surface area contributed by atoms with E-state index in [2.05, 4.69) is 4.98 Å². The highest BCUT2D eigenvalue weighted by Crippen LogP contribution is 2.58. The van der Waals surface area contributed by atoms with Gasteiger partial charge in [-0.2, -0.15) is 4.39 Å². The number of guanidine groups is 1. The number of carbonyl (C=O) groups excluding carboxylic acids is 1. The lowest BCUT2D eigenvalue weighted by atomic mass is 9.61. The Morgan fingerprint density at radius 3 is 2.90 bits per heavy atom. The van der Waals surface area contributed by atoms with Crippen LogP contribution < -0.4 is 10.5 Å². The summed E-state index contributed by atoms with van der Waals surface area (Å²) in [5.41, 5.74) is 5.54. The van der Waals surface area contributed by atoms with Crippen molar-refractivity contribution in [3.63, 3.8) is 0 Å². The summed E-state index contributed by atoms with van der Waals surface area (Å²) in [5, 5.41) is 0. The molecule has 0 saturated carbocycles. The van der Waals surface area contributed by atoms with Crippen LogP contribution in [0.4, 0.5) is 4.39 Å². The number of hydrogen-bond acceptors (Lipinski definition) is 6. The van der Waals surface area contributed by atoms with Crippen LogP contribution in [0.3, 0.4) is 0 Å². The van der Waals surface area contributed by atoms with Crippen LogP contribution >= 0.6 is 0 Å². The van der Waals surface area contributed by atoms with Crippen LogP contribution in [0.15, 0.2) is 41.5 Å². The molecule has 1 amide bonds. The highest BCUT2D eigenvalue weighted by Gasteiger charge is 2.67. The number of amides is 1. The topological polar surface area (TPSA) is 90.0 Å². The van der Waals surface area contributed by atoms with Crippen molar-refractivity contribution in [3.05, 3.63) is 48.0 Å². The van der Waals surface area contributed by atoms with Gasteiger partial charge in [0.15, 0.2) is 11.5 Å². The standard InChI is InChI=1S/C21H21FN4O3/c1-20-11-28-9-7-16(20)29-15-6-5-12(13-4-3-8-24-17(13)22)10-14(15)21(20)18(27)26(2)19(23)25-21/h3-6,8,10,16H,7,9,11H2,1-2H3,(H2,23,25)/t16?,20?,21-/m1/s1. The molecule has 150 valence electrons. The molecule has 1 aromatic carbocycles. The van der Waals surface area contributed by atoms with Gasteiger partial charge in [-0.1, -0.05) is 13.0 Å².